The molecule has 0 radical (unpaired) electrons. The van der Waals surface area contributed by atoms with E-state index in [1.807, 2.05) is 0 Å². The highest BCUT2D eigenvalue weighted by molar-refractivity contribution is 7.89. The largest absolute Gasteiger partial charge is 0.372 e. The monoisotopic (exact) mass is 362 g/mol. The minimum absolute atomic E-state index is 0.0379. The van der Waals surface area contributed by atoms with E-state index in [4.69, 9.17) is 16.3 Å². The van der Waals surface area contributed by atoms with Crippen LogP contribution in [-0.2, 0) is 14.8 Å². The van der Waals surface area contributed by atoms with Gasteiger partial charge in [0.1, 0.15) is 10.7 Å². The molecule has 8 heteroatoms. The number of sulfonamides is 1. The molecular formula is C15H20ClFN2O3S. The number of ether oxygens (including phenoxy) is 1. The topological polar surface area (TPSA) is 58.6 Å². The fraction of sp³-hybridized carbons (Fsp3) is 0.600. The minimum atomic E-state index is -3.77. The fourth-order valence-electron chi connectivity index (χ4n) is 3.17. The minimum Gasteiger partial charge on any atom is -0.372 e. The van der Waals surface area contributed by atoms with Crippen LogP contribution in [-0.4, -0.2) is 51.1 Å². The number of hydrogen-bond acceptors (Lipinski definition) is 4. The highest BCUT2D eigenvalue weighted by atomic mass is 35.5. The third-order valence-corrected chi connectivity index (χ3v) is 6.87. The van der Waals surface area contributed by atoms with Crippen LogP contribution >= 0.6 is 11.6 Å². The molecule has 2 fully saturated rings. The van der Waals surface area contributed by atoms with E-state index in [-0.39, 0.29) is 22.0 Å². The average Bonchev–Trinajstić information content (AvgIpc) is 2.51. The number of piperidine rings is 1. The molecule has 1 aromatic rings. The Morgan fingerprint density at radius 3 is 2.74 bits per heavy atom. The number of rotatable bonds is 2. The normalized spacial score (nSPS) is 22.4. The van der Waals surface area contributed by atoms with Crippen molar-refractivity contribution in [3.05, 3.63) is 28.5 Å². The second-order valence-electron chi connectivity index (χ2n) is 6.15. The van der Waals surface area contributed by atoms with Crippen molar-refractivity contribution in [1.82, 2.24) is 9.62 Å². The second kappa shape index (κ2) is 6.29. The standard InChI is InChI=1S/C15H20ClFN2O3S/c1-11-8-14(12(16)9-13(11)17)23(20,21)19-6-7-22-15(10-19)2-4-18-5-3-15/h8-9,18H,2-7,10H2,1H3. The Labute approximate surface area is 140 Å². The molecule has 128 valence electrons. The van der Waals surface area contributed by atoms with Crippen LogP contribution in [0.3, 0.4) is 0 Å². The van der Waals surface area contributed by atoms with Crippen LogP contribution in [0.1, 0.15) is 18.4 Å². The van der Waals surface area contributed by atoms with Gasteiger partial charge in [-0.3, -0.25) is 0 Å². The number of morpholine rings is 1. The van der Waals surface area contributed by atoms with Crippen LogP contribution in [0.5, 0.6) is 0 Å². The van der Waals surface area contributed by atoms with E-state index < -0.39 is 21.4 Å². The van der Waals surface area contributed by atoms with Gasteiger partial charge in [0.05, 0.1) is 17.2 Å². The molecule has 0 unspecified atom stereocenters. The Kier molecular flexibility index (Phi) is 4.68. The average molecular weight is 363 g/mol. The molecule has 2 heterocycles. The third-order valence-electron chi connectivity index (χ3n) is 4.56. The van der Waals surface area contributed by atoms with Crippen molar-refractivity contribution in [2.24, 2.45) is 0 Å². The van der Waals surface area contributed by atoms with Gasteiger partial charge in [0.15, 0.2) is 0 Å². The summed E-state index contributed by atoms with van der Waals surface area (Å²) in [4.78, 5) is -0.0379. The van der Waals surface area contributed by atoms with Gasteiger partial charge in [-0.15, -0.1) is 0 Å². The summed E-state index contributed by atoms with van der Waals surface area (Å²) in [7, 11) is -3.77. The first-order valence-electron chi connectivity index (χ1n) is 7.65. The fourth-order valence-corrected chi connectivity index (χ4v) is 5.24. The molecule has 1 N–H and O–H groups in total. The lowest BCUT2D eigenvalue weighted by atomic mass is 9.91. The summed E-state index contributed by atoms with van der Waals surface area (Å²) in [6, 6.07) is 2.36. The van der Waals surface area contributed by atoms with E-state index in [0.29, 0.717) is 13.2 Å². The lowest BCUT2D eigenvalue weighted by molar-refractivity contribution is -0.105. The van der Waals surface area contributed by atoms with E-state index in [9.17, 15) is 12.8 Å². The zero-order valence-corrected chi connectivity index (χ0v) is 14.5. The van der Waals surface area contributed by atoms with Crippen molar-refractivity contribution in [2.75, 3.05) is 32.8 Å². The molecule has 5 nitrogen and oxygen atoms in total. The first-order valence-corrected chi connectivity index (χ1v) is 9.46. The third kappa shape index (κ3) is 3.25. The molecule has 0 aliphatic carbocycles. The van der Waals surface area contributed by atoms with E-state index in [2.05, 4.69) is 5.32 Å². The van der Waals surface area contributed by atoms with Crippen LogP contribution in [0.25, 0.3) is 0 Å². The molecule has 2 aliphatic heterocycles. The highest BCUT2D eigenvalue weighted by Crippen LogP contribution is 2.33. The molecule has 0 amide bonds. The summed E-state index contributed by atoms with van der Waals surface area (Å²) in [5, 5.41) is 3.17. The molecule has 0 bridgehead atoms. The van der Waals surface area contributed by atoms with E-state index >= 15 is 0 Å². The van der Waals surface area contributed by atoms with Gasteiger partial charge in [-0.1, -0.05) is 11.6 Å². The Morgan fingerprint density at radius 2 is 2.04 bits per heavy atom. The quantitative estimate of drug-likeness (QED) is 0.873. The zero-order chi connectivity index (χ0) is 16.7. The van der Waals surface area contributed by atoms with Crippen molar-refractivity contribution < 1.29 is 17.5 Å². The number of halogens is 2. The summed E-state index contributed by atoms with van der Waals surface area (Å²) in [5.74, 6) is -0.509. The Morgan fingerprint density at radius 1 is 1.35 bits per heavy atom. The summed E-state index contributed by atoms with van der Waals surface area (Å²) < 4.78 is 46.8. The number of nitrogens with zero attached hydrogens (tertiary/aromatic N) is 1. The van der Waals surface area contributed by atoms with Gasteiger partial charge < -0.3 is 10.1 Å². The zero-order valence-electron chi connectivity index (χ0n) is 12.9. The first kappa shape index (κ1) is 17.1. The molecule has 2 saturated heterocycles. The molecule has 1 spiro atoms. The van der Waals surface area contributed by atoms with Gasteiger partial charge in [-0.25, -0.2) is 12.8 Å². The van der Waals surface area contributed by atoms with E-state index in [0.717, 1.165) is 32.0 Å². The predicted octanol–water partition coefficient (Wildman–Crippen LogP) is 1.93. The number of aryl methyl sites for hydroxylation is 1. The molecule has 0 atom stereocenters. The highest BCUT2D eigenvalue weighted by Gasteiger charge is 2.42. The van der Waals surface area contributed by atoms with Crippen LogP contribution < -0.4 is 5.32 Å². The van der Waals surface area contributed by atoms with Crippen molar-refractivity contribution in [1.29, 1.82) is 0 Å². The van der Waals surface area contributed by atoms with Crippen molar-refractivity contribution in [3.63, 3.8) is 0 Å². The van der Waals surface area contributed by atoms with Gasteiger partial charge in [-0.05, 0) is 50.6 Å². The molecule has 0 saturated carbocycles. The van der Waals surface area contributed by atoms with Crippen molar-refractivity contribution >= 4 is 21.6 Å². The lowest BCUT2D eigenvalue weighted by Crippen LogP contribution is -2.57. The summed E-state index contributed by atoms with van der Waals surface area (Å²) in [5.41, 5.74) is -0.171. The summed E-state index contributed by atoms with van der Waals surface area (Å²) in [6.45, 7) is 4.10. The van der Waals surface area contributed by atoms with Gasteiger partial charge in [-0.2, -0.15) is 4.31 Å². The van der Waals surface area contributed by atoms with Gasteiger partial charge in [0.2, 0.25) is 10.0 Å². The lowest BCUT2D eigenvalue weighted by Gasteiger charge is -2.44. The summed E-state index contributed by atoms with van der Waals surface area (Å²) >= 11 is 6.00. The van der Waals surface area contributed by atoms with Crippen LogP contribution in [0.15, 0.2) is 17.0 Å². The molecule has 3 rings (SSSR count). The first-order chi connectivity index (χ1) is 10.8. The SMILES string of the molecule is Cc1cc(S(=O)(=O)N2CCOC3(CCNCC3)C2)c(Cl)cc1F. The van der Waals surface area contributed by atoms with Gasteiger partial charge in [0.25, 0.3) is 0 Å². The van der Waals surface area contributed by atoms with Crippen LogP contribution in [0, 0.1) is 12.7 Å². The molecule has 0 aromatic heterocycles. The molecule has 23 heavy (non-hydrogen) atoms. The van der Waals surface area contributed by atoms with Gasteiger partial charge >= 0.3 is 0 Å². The number of nitrogens with one attached hydrogen (secondary N) is 1. The number of hydrogen-bond donors (Lipinski definition) is 1. The predicted molar refractivity (Wildman–Crippen MR) is 85.7 cm³/mol. The van der Waals surface area contributed by atoms with Crippen molar-refractivity contribution in [2.45, 2.75) is 30.3 Å². The molecule has 1 aromatic carbocycles. The van der Waals surface area contributed by atoms with Crippen LogP contribution in [0.2, 0.25) is 5.02 Å². The second-order valence-corrected chi connectivity index (χ2v) is 8.47. The maximum atomic E-state index is 13.6. The smallest absolute Gasteiger partial charge is 0.244 e. The number of benzene rings is 1. The Bertz CT molecular complexity index is 699. The molecule has 2 aliphatic rings. The van der Waals surface area contributed by atoms with Gasteiger partial charge in [0, 0.05) is 13.1 Å². The van der Waals surface area contributed by atoms with Crippen molar-refractivity contribution in [3.8, 4) is 0 Å². The maximum Gasteiger partial charge on any atom is 0.244 e. The maximum absolute atomic E-state index is 13.6. The van der Waals surface area contributed by atoms with E-state index in [1.54, 1.807) is 0 Å². The van der Waals surface area contributed by atoms with Crippen LogP contribution in [0.4, 0.5) is 4.39 Å². The summed E-state index contributed by atoms with van der Waals surface area (Å²) in [6.07, 6.45) is 1.55. The molecular weight excluding hydrogens is 343 g/mol. The van der Waals surface area contributed by atoms with E-state index in [1.165, 1.54) is 17.3 Å². The Hall–Kier alpha value is -0.730. The Balaban J connectivity index is 1.92.